The number of carbonyl (C=O) groups is 2. The number of ether oxygens (including phenoxy) is 1. The molecule has 1 aliphatic rings. The number of methoxy groups -OCH3 is 1. The molecule has 1 saturated carbocycles. The summed E-state index contributed by atoms with van der Waals surface area (Å²) >= 11 is 0. The lowest BCUT2D eigenvalue weighted by molar-refractivity contribution is -0.158. The molecule has 1 fully saturated rings. The third-order valence-corrected chi connectivity index (χ3v) is 4.29. The lowest BCUT2D eigenvalue weighted by atomic mass is 9.58. The first-order valence-corrected chi connectivity index (χ1v) is 6.59. The number of aliphatic carboxylic acids is 1. The molecule has 0 heterocycles. The number of carbonyl (C=O) groups excluding carboxylic acids is 1. The Labute approximate surface area is 114 Å². The fraction of sp³-hybridized carbons (Fsp3) is 0.857. The first kappa shape index (κ1) is 16.0. The monoisotopic (exact) mass is 271 g/mol. The highest BCUT2D eigenvalue weighted by atomic mass is 16.5. The molecule has 1 amide bonds. The number of hydrogen-bond acceptors (Lipinski definition) is 3. The van der Waals surface area contributed by atoms with Gasteiger partial charge in [-0.05, 0) is 13.8 Å². The maximum absolute atomic E-state index is 12.0. The summed E-state index contributed by atoms with van der Waals surface area (Å²) < 4.78 is 5.42. The lowest BCUT2D eigenvalue weighted by Gasteiger charge is -2.56. The van der Waals surface area contributed by atoms with Crippen LogP contribution in [0.25, 0.3) is 0 Å². The van der Waals surface area contributed by atoms with Gasteiger partial charge in [0.1, 0.15) is 0 Å². The fourth-order valence-electron chi connectivity index (χ4n) is 3.13. The average molecular weight is 271 g/mol. The largest absolute Gasteiger partial charge is 0.481 e. The van der Waals surface area contributed by atoms with E-state index in [1.807, 2.05) is 6.92 Å². The predicted octanol–water partition coefficient (Wildman–Crippen LogP) is 1.66. The Bertz CT molecular complexity index is 376. The zero-order valence-corrected chi connectivity index (χ0v) is 12.6. The molecule has 2 N–H and O–H groups in total. The van der Waals surface area contributed by atoms with Gasteiger partial charge in [-0.2, -0.15) is 0 Å². The molecule has 0 aromatic rings. The number of carboxylic acids is 1. The second-order valence-electron chi connectivity index (χ2n) is 6.75. The quantitative estimate of drug-likeness (QED) is 0.797. The molecule has 5 nitrogen and oxygen atoms in total. The van der Waals surface area contributed by atoms with Crippen LogP contribution in [0.15, 0.2) is 0 Å². The zero-order valence-electron chi connectivity index (χ0n) is 12.6. The average Bonchev–Trinajstić information content (AvgIpc) is 2.25. The van der Waals surface area contributed by atoms with Crippen LogP contribution < -0.4 is 5.32 Å². The van der Waals surface area contributed by atoms with Crippen LogP contribution in [0.2, 0.25) is 0 Å². The Balaban J connectivity index is 2.62. The number of rotatable bonds is 5. The van der Waals surface area contributed by atoms with E-state index in [0.29, 0.717) is 0 Å². The molecule has 19 heavy (non-hydrogen) atoms. The second-order valence-corrected chi connectivity index (χ2v) is 6.75. The highest BCUT2D eigenvalue weighted by Crippen LogP contribution is 2.47. The molecule has 3 unspecified atom stereocenters. The van der Waals surface area contributed by atoms with Crippen LogP contribution in [0.3, 0.4) is 0 Å². The van der Waals surface area contributed by atoms with Crippen molar-refractivity contribution in [1.29, 1.82) is 0 Å². The summed E-state index contributed by atoms with van der Waals surface area (Å²) in [5, 5.41) is 12.0. The van der Waals surface area contributed by atoms with E-state index in [1.54, 1.807) is 21.0 Å². The predicted molar refractivity (Wildman–Crippen MR) is 71.7 cm³/mol. The highest BCUT2D eigenvalue weighted by molar-refractivity contribution is 5.84. The molecule has 0 saturated heterocycles. The van der Waals surface area contributed by atoms with E-state index in [1.165, 1.54) is 0 Å². The highest BCUT2D eigenvalue weighted by Gasteiger charge is 2.55. The molecule has 5 heteroatoms. The fourth-order valence-corrected chi connectivity index (χ4v) is 3.13. The summed E-state index contributed by atoms with van der Waals surface area (Å²) in [6.07, 6.45) is 0.101. The summed E-state index contributed by atoms with van der Waals surface area (Å²) in [7, 11) is 1.68. The number of hydrogen-bond donors (Lipinski definition) is 2. The summed E-state index contributed by atoms with van der Waals surface area (Å²) in [6, 6.07) is 0.0227. The van der Waals surface area contributed by atoms with Crippen LogP contribution in [0.5, 0.6) is 0 Å². The second kappa shape index (κ2) is 5.12. The van der Waals surface area contributed by atoms with Gasteiger partial charge >= 0.3 is 5.97 Å². The smallest absolute Gasteiger partial charge is 0.309 e. The standard InChI is InChI=1S/C14H25NO4/c1-8-10(14(4,5)11(8)19-6)15-9(16)7-13(2,3)12(17)18/h8,10-11H,7H2,1-6H3,(H,15,16)(H,17,18). The van der Waals surface area contributed by atoms with Crippen LogP contribution in [-0.2, 0) is 14.3 Å². The van der Waals surface area contributed by atoms with Crippen molar-refractivity contribution in [3.05, 3.63) is 0 Å². The van der Waals surface area contributed by atoms with Crippen molar-refractivity contribution in [3.63, 3.8) is 0 Å². The van der Waals surface area contributed by atoms with Crippen molar-refractivity contribution in [1.82, 2.24) is 5.32 Å². The molecule has 0 aromatic carbocycles. The van der Waals surface area contributed by atoms with Gasteiger partial charge in [0.25, 0.3) is 0 Å². The van der Waals surface area contributed by atoms with Gasteiger partial charge in [0.2, 0.25) is 5.91 Å². The topological polar surface area (TPSA) is 75.6 Å². The Kier molecular flexibility index (Phi) is 4.30. The third-order valence-electron chi connectivity index (χ3n) is 4.29. The van der Waals surface area contributed by atoms with E-state index in [9.17, 15) is 9.59 Å². The molecular weight excluding hydrogens is 246 g/mol. The summed E-state index contributed by atoms with van der Waals surface area (Å²) in [6.45, 7) is 9.25. The van der Waals surface area contributed by atoms with Crippen molar-refractivity contribution >= 4 is 11.9 Å². The summed E-state index contributed by atoms with van der Waals surface area (Å²) in [5.41, 5.74) is -1.17. The first-order valence-electron chi connectivity index (χ1n) is 6.59. The molecule has 0 aliphatic heterocycles. The van der Waals surface area contributed by atoms with Crippen molar-refractivity contribution in [2.45, 2.75) is 53.2 Å². The van der Waals surface area contributed by atoms with Gasteiger partial charge in [-0.1, -0.05) is 20.8 Å². The van der Waals surface area contributed by atoms with Gasteiger partial charge in [0.05, 0.1) is 11.5 Å². The van der Waals surface area contributed by atoms with Crippen molar-refractivity contribution < 1.29 is 19.4 Å². The molecule has 0 spiro atoms. The van der Waals surface area contributed by atoms with Gasteiger partial charge < -0.3 is 15.2 Å². The van der Waals surface area contributed by atoms with E-state index in [0.717, 1.165) is 0 Å². The molecule has 0 bridgehead atoms. The Morgan fingerprint density at radius 3 is 2.26 bits per heavy atom. The van der Waals surface area contributed by atoms with Gasteiger partial charge in [0, 0.05) is 30.9 Å². The minimum atomic E-state index is -1.04. The van der Waals surface area contributed by atoms with Crippen LogP contribution >= 0.6 is 0 Å². The third kappa shape index (κ3) is 2.91. The molecule has 1 rings (SSSR count). The van der Waals surface area contributed by atoms with Crippen molar-refractivity contribution in [2.75, 3.05) is 7.11 Å². The Hall–Kier alpha value is -1.10. The van der Waals surface area contributed by atoms with E-state index in [-0.39, 0.29) is 35.8 Å². The summed E-state index contributed by atoms with van der Waals surface area (Å²) in [4.78, 5) is 23.0. The SMILES string of the molecule is COC1C(C)C(NC(=O)CC(C)(C)C(=O)O)C1(C)C. The first-order chi connectivity index (χ1) is 8.54. The minimum Gasteiger partial charge on any atom is -0.481 e. The van der Waals surface area contributed by atoms with Gasteiger partial charge in [-0.25, -0.2) is 0 Å². The van der Waals surface area contributed by atoms with E-state index < -0.39 is 11.4 Å². The summed E-state index contributed by atoms with van der Waals surface area (Å²) in [5.74, 6) is -0.942. The number of nitrogens with one attached hydrogen (secondary N) is 1. The van der Waals surface area contributed by atoms with Gasteiger partial charge in [0.15, 0.2) is 0 Å². The zero-order chi connectivity index (χ0) is 15.0. The number of carboxylic acid groups (broad SMARTS) is 1. The maximum atomic E-state index is 12.0. The van der Waals surface area contributed by atoms with Crippen LogP contribution in [0, 0.1) is 16.7 Å². The molecule has 110 valence electrons. The van der Waals surface area contributed by atoms with Gasteiger partial charge in [-0.15, -0.1) is 0 Å². The van der Waals surface area contributed by atoms with Crippen LogP contribution in [0.1, 0.15) is 41.0 Å². The molecule has 0 radical (unpaired) electrons. The van der Waals surface area contributed by atoms with Crippen molar-refractivity contribution in [3.8, 4) is 0 Å². The Morgan fingerprint density at radius 1 is 1.37 bits per heavy atom. The minimum absolute atomic E-state index is 0.0146. The molecule has 0 aromatic heterocycles. The Morgan fingerprint density at radius 2 is 1.89 bits per heavy atom. The molecule has 1 aliphatic carbocycles. The normalized spacial score (nSPS) is 29.5. The van der Waals surface area contributed by atoms with E-state index >= 15 is 0 Å². The van der Waals surface area contributed by atoms with Gasteiger partial charge in [-0.3, -0.25) is 9.59 Å². The lowest BCUT2D eigenvalue weighted by Crippen LogP contribution is -2.68. The van der Waals surface area contributed by atoms with Crippen molar-refractivity contribution in [2.24, 2.45) is 16.7 Å². The van der Waals surface area contributed by atoms with E-state index in [4.69, 9.17) is 9.84 Å². The molecule has 3 atom stereocenters. The van der Waals surface area contributed by atoms with Crippen LogP contribution in [0.4, 0.5) is 0 Å². The van der Waals surface area contributed by atoms with Crippen LogP contribution in [-0.4, -0.2) is 36.2 Å². The molecular formula is C14H25NO4. The maximum Gasteiger partial charge on any atom is 0.309 e. The van der Waals surface area contributed by atoms with E-state index in [2.05, 4.69) is 19.2 Å². The number of amides is 1.